The number of carbonyl (C=O) groups is 2. The molecule has 352 valence electrons. The molecule has 1 heterocycles. The van der Waals surface area contributed by atoms with Crippen LogP contribution in [0.3, 0.4) is 0 Å². The number of esters is 2. The maximum absolute atomic E-state index is 12.7. The average molecular weight is 879 g/mol. The molecule has 0 amide bonds. The van der Waals surface area contributed by atoms with Gasteiger partial charge in [0.25, 0.3) is 0 Å². The van der Waals surface area contributed by atoms with Crippen molar-refractivity contribution in [2.24, 2.45) is 11.8 Å². The van der Waals surface area contributed by atoms with E-state index in [1.165, 1.54) is 64.2 Å². The fourth-order valence-electron chi connectivity index (χ4n) is 6.92. The van der Waals surface area contributed by atoms with E-state index >= 15 is 0 Å². The minimum absolute atomic E-state index is 0.0493. The van der Waals surface area contributed by atoms with Gasteiger partial charge in [-0.05, 0) is 38.0 Å². The predicted octanol–water partition coefficient (Wildman–Crippen LogP) is 8.13. The van der Waals surface area contributed by atoms with Crippen molar-refractivity contribution < 1.29 is 67.8 Å². The zero-order valence-electron chi connectivity index (χ0n) is 37.1. The van der Waals surface area contributed by atoms with E-state index in [1.54, 1.807) is 12.2 Å². The van der Waals surface area contributed by atoms with E-state index in [-0.39, 0.29) is 25.2 Å². The first kappa shape index (κ1) is 56.3. The summed E-state index contributed by atoms with van der Waals surface area (Å²) in [7, 11) is -4.69. The average Bonchev–Trinajstić information content (AvgIpc) is 3.20. The Morgan fingerprint density at radius 2 is 1.35 bits per heavy atom. The molecular weight excluding hydrogens is 795 g/mol. The number of hydrogen-bond acceptors (Lipinski definition) is 13. The van der Waals surface area contributed by atoms with Crippen LogP contribution >= 0.6 is 7.82 Å². The molecule has 0 aliphatic carbocycles. The summed E-state index contributed by atoms with van der Waals surface area (Å²) in [5, 5.41) is 49.3. The third-order valence-corrected chi connectivity index (χ3v) is 11.5. The molecular formula is C45H83O14P. The Balaban J connectivity index is 2.47. The largest absolute Gasteiger partial charge is 0.472 e. The Hall–Kier alpha value is -1.71. The van der Waals surface area contributed by atoms with Gasteiger partial charge in [-0.1, -0.05) is 148 Å². The fraction of sp³-hybridized carbons (Fsp3) is 0.867. The quantitative estimate of drug-likeness (QED) is 0.0149. The molecule has 6 N–H and O–H groups in total. The second-order valence-corrected chi connectivity index (χ2v) is 18.2. The number of allylic oxidation sites excluding steroid dienone is 2. The number of ether oxygens (including phenoxy) is 3. The summed E-state index contributed by atoms with van der Waals surface area (Å²) in [4.78, 5) is 35.3. The lowest BCUT2D eigenvalue weighted by Gasteiger charge is -2.36. The molecule has 0 saturated carbocycles. The molecule has 1 rings (SSSR count). The molecule has 0 aromatic heterocycles. The highest BCUT2D eigenvalue weighted by Crippen LogP contribution is 2.43. The van der Waals surface area contributed by atoms with Crippen LogP contribution in [0.1, 0.15) is 175 Å². The van der Waals surface area contributed by atoms with Crippen molar-refractivity contribution in [3.05, 3.63) is 24.3 Å². The van der Waals surface area contributed by atoms with Gasteiger partial charge in [-0.15, -0.1) is 0 Å². The lowest BCUT2D eigenvalue weighted by atomic mass is 9.87. The summed E-state index contributed by atoms with van der Waals surface area (Å²) in [6.45, 7) is 4.30. The summed E-state index contributed by atoms with van der Waals surface area (Å²) in [6, 6.07) is 0. The van der Waals surface area contributed by atoms with Gasteiger partial charge in [-0.25, -0.2) is 4.57 Å². The van der Waals surface area contributed by atoms with Gasteiger partial charge in [0.15, 0.2) is 12.4 Å². The maximum atomic E-state index is 12.7. The molecule has 0 radical (unpaired) electrons. The molecule has 1 aliphatic rings. The summed E-state index contributed by atoms with van der Waals surface area (Å²) in [5.41, 5.74) is 0. The smallest absolute Gasteiger partial charge is 0.462 e. The Kier molecular flexibility index (Phi) is 33.5. The van der Waals surface area contributed by atoms with Crippen LogP contribution in [-0.4, -0.2) is 106 Å². The zero-order valence-corrected chi connectivity index (χ0v) is 38.0. The maximum Gasteiger partial charge on any atom is 0.472 e. The normalized spacial score (nSPS) is 21.0. The number of hydrogen-bond donors (Lipinski definition) is 6. The highest BCUT2D eigenvalue weighted by Gasteiger charge is 2.35. The van der Waals surface area contributed by atoms with Gasteiger partial charge in [-0.3, -0.25) is 18.6 Å². The zero-order chi connectivity index (χ0) is 44.4. The number of aliphatic hydroxyl groups excluding tert-OH is 5. The summed E-state index contributed by atoms with van der Waals surface area (Å²) in [5.74, 6) is -0.642. The highest BCUT2D eigenvalue weighted by atomic mass is 31.2. The highest BCUT2D eigenvalue weighted by molar-refractivity contribution is 7.47. The van der Waals surface area contributed by atoms with E-state index in [0.29, 0.717) is 32.1 Å². The first-order chi connectivity index (χ1) is 28.8. The molecule has 15 heteroatoms. The molecule has 1 saturated heterocycles. The molecule has 60 heavy (non-hydrogen) atoms. The van der Waals surface area contributed by atoms with Crippen LogP contribution in [0.2, 0.25) is 0 Å². The lowest BCUT2D eigenvalue weighted by Crippen LogP contribution is -2.43. The molecule has 8 atom stereocenters. The number of unbranched alkanes of at least 4 members (excludes halogenated alkanes) is 15. The molecule has 14 nitrogen and oxygen atoms in total. The van der Waals surface area contributed by atoms with E-state index in [2.05, 4.69) is 25.3 Å². The van der Waals surface area contributed by atoms with Gasteiger partial charge in [0.05, 0.1) is 38.1 Å². The monoisotopic (exact) mass is 879 g/mol. The van der Waals surface area contributed by atoms with Crippen LogP contribution < -0.4 is 0 Å². The summed E-state index contributed by atoms with van der Waals surface area (Å²) >= 11 is 0. The SMILES string of the molecule is CCCCC[C@H](O)/C=C/[C@H]1OC(O)C[C@H](O)[C@@H]1C/C=C\CCCC(=O)OC[C@H](COP(=O)(O)OC[C@@H](O)CO)OC(=O)CCCCCCCCCCCCCCCC(C)C. The predicted molar refractivity (Wildman–Crippen MR) is 232 cm³/mol. The van der Waals surface area contributed by atoms with Gasteiger partial charge >= 0.3 is 19.8 Å². The van der Waals surface area contributed by atoms with Crippen molar-refractivity contribution in [2.45, 2.75) is 212 Å². The first-order valence-electron chi connectivity index (χ1n) is 23.0. The Labute approximate surface area is 361 Å². The number of rotatable bonds is 38. The first-order valence-corrected chi connectivity index (χ1v) is 24.5. The minimum Gasteiger partial charge on any atom is -0.462 e. The summed E-state index contributed by atoms with van der Waals surface area (Å²) in [6.07, 6.45) is 23.4. The fourth-order valence-corrected chi connectivity index (χ4v) is 7.71. The Morgan fingerprint density at radius 3 is 1.97 bits per heavy atom. The minimum atomic E-state index is -4.69. The van der Waals surface area contributed by atoms with Crippen LogP contribution in [0.5, 0.6) is 0 Å². The second kappa shape index (κ2) is 35.7. The number of aliphatic hydroxyl groups is 5. The molecule has 0 bridgehead atoms. The molecule has 1 fully saturated rings. The van der Waals surface area contributed by atoms with Crippen LogP contribution in [-0.2, 0) is 37.4 Å². The molecule has 0 spiro atoms. The van der Waals surface area contributed by atoms with Crippen molar-refractivity contribution in [1.82, 2.24) is 0 Å². The molecule has 0 aromatic rings. The third-order valence-electron chi connectivity index (χ3n) is 10.6. The molecule has 0 aromatic carbocycles. The van der Waals surface area contributed by atoms with Crippen molar-refractivity contribution in [1.29, 1.82) is 0 Å². The molecule has 1 aliphatic heterocycles. The van der Waals surface area contributed by atoms with Gasteiger partial charge in [0.2, 0.25) is 0 Å². The van der Waals surface area contributed by atoms with E-state index in [9.17, 15) is 39.5 Å². The van der Waals surface area contributed by atoms with Crippen LogP contribution in [0.4, 0.5) is 0 Å². The standard InChI is InChI=1S/C45H83O14P/c1-4-5-19-25-37(47)29-30-42-40(41(49)31-45(52)59-42)26-21-17-18-22-27-43(50)55-34-39(35-57-60(53,54)56-33-38(48)32-46)58-44(51)28-23-16-14-12-10-8-6-7-9-11-13-15-20-24-36(2)3/h17,21,29-30,36-42,45-49,52H,4-16,18-20,22-28,31-35H2,1-3H3,(H,53,54)/b21-17-,30-29+/t37-,38-,39+,40-,41-,42+,45?/m0/s1. The van der Waals surface area contributed by atoms with Gasteiger partial charge < -0.3 is 44.6 Å². The van der Waals surface area contributed by atoms with Crippen molar-refractivity contribution in [3.8, 4) is 0 Å². The van der Waals surface area contributed by atoms with Crippen LogP contribution in [0, 0.1) is 11.8 Å². The van der Waals surface area contributed by atoms with E-state index in [4.69, 9.17) is 23.8 Å². The second-order valence-electron chi connectivity index (χ2n) is 16.8. The van der Waals surface area contributed by atoms with Crippen LogP contribution in [0.15, 0.2) is 24.3 Å². The Morgan fingerprint density at radius 1 is 0.767 bits per heavy atom. The number of phosphoric ester groups is 1. The van der Waals surface area contributed by atoms with Crippen molar-refractivity contribution in [2.75, 3.05) is 26.4 Å². The van der Waals surface area contributed by atoms with E-state index in [0.717, 1.165) is 44.4 Å². The van der Waals surface area contributed by atoms with Crippen molar-refractivity contribution >= 4 is 19.8 Å². The lowest BCUT2D eigenvalue weighted by molar-refractivity contribution is -0.199. The Bertz CT molecular complexity index is 1180. The van der Waals surface area contributed by atoms with Gasteiger partial charge in [0.1, 0.15) is 12.7 Å². The van der Waals surface area contributed by atoms with E-state index in [1.807, 2.05) is 12.2 Å². The van der Waals surface area contributed by atoms with E-state index < -0.39 is 83.0 Å². The molecule has 2 unspecified atom stereocenters. The van der Waals surface area contributed by atoms with Crippen LogP contribution in [0.25, 0.3) is 0 Å². The van der Waals surface area contributed by atoms with Crippen molar-refractivity contribution in [3.63, 3.8) is 0 Å². The van der Waals surface area contributed by atoms with Gasteiger partial charge in [0, 0.05) is 25.2 Å². The number of phosphoric acid groups is 1. The number of carbonyl (C=O) groups excluding carboxylic acids is 2. The third kappa shape index (κ3) is 31.2. The topological polar surface area (TPSA) is 219 Å². The summed E-state index contributed by atoms with van der Waals surface area (Å²) < 4.78 is 38.4. The van der Waals surface area contributed by atoms with Gasteiger partial charge in [-0.2, -0.15) is 0 Å².